The maximum atomic E-state index is 5.82. The van der Waals surface area contributed by atoms with Crippen LogP contribution in [0, 0.1) is 6.92 Å². The molecule has 0 aliphatic heterocycles. The first-order valence-electron chi connectivity index (χ1n) is 20.4. The second-order valence-corrected chi connectivity index (χ2v) is 15.9. The molecule has 0 spiro atoms. The van der Waals surface area contributed by atoms with Gasteiger partial charge in [0.1, 0.15) is 5.75 Å². The van der Waals surface area contributed by atoms with Crippen molar-refractivity contribution in [2.24, 2.45) is 4.99 Å². The molecule has 59 heavy (non-hydrogen) atoms. The lowest BCUT2D eigenvalue weighted by atomic mass is 9.82. The number of aliphatic imine (C=N–C) groups is 1. The van der Waals surface area contributed by atoms with Gasteiger partial charge in [-0.3, -0.25) is 4.99 Å². The molecule has 286 valence electrons. The molecule has 0 bridgehead atoms. The Morgan fingerprint density at radius 3 is 1.92 bits per heavy atom. The molecule has 0 unspecified atom stereocenters. The molecule has 2 nitrogen and oxygen atoms in total. The summed E-state index contributed by atoms with van der Waals surface area (Å²) in [5, 5.41) is 5.09. The molecular weight excluding hydrogens is 715 g/mol. The fourth-order valence-electron chi connectivity index (χ4n) is 9.03. The number of nitrogens with zero attached hydrogens (tertiary/aromatic N) is 1. The molecule has 9 aromatic rings. The number of ether oxygens (including phenoxy) is 1. The number of hydrogen-bond acceptors (Lipinski definition) is 2. The summed E-state index contributed by atoms with van der Waals surface area (Å²) in [6, 6.07) is 69.4. The Balaban J connectivity index is 0.000000163. The summed E-state index contributed by atoms with van der Waals surface area (Å²) in [5.41, 5.74) is 17.2. The summed E-state index contributed by atoms with van der Waals surface area (Å²) < 4.78 is 5.82. The average molecular weight is 762 g/mol. The molecular formula is C57H47NO. The Bertz CT molecular complexity index is 3030. The molecule has 0 radical (unpaired) electrons. The highest BCUT2D eigenvalue weighted by Crippen LogP contribution is 2.50. The zero-order valence-electron chi connectivity index (χ0n) is 34.3. The van der Waals surface area contributed by atoms with Crippen LogP contribution in [-0.2, 0) is 5.41 Å². The van der Waals surface area contributed by atoms with Crippen LogP contribution in [-0.4, -0.2) is 19.9 Å². The molecule has 0 fully saturated rings. The first-order valence-corrected chi connectivity index (χ1v) is 20.4. The third-order valence-electron chi connectivity index (χ3n) is 12.0. The Labute approximate surface area is 348 Å². The van der Waals surface area contributed by atoms with Gasteiger partial charge in [-0.05, 0) is 96.7 Å². The van der Waals surface area contributed by atoms with Gasteiger partial charge in [0.25, 0.3) is 0 Å². The Morgan fingerprint density at radius 1 is 0.475 bits per heavy atom. The van der Waals surface area contributed by atoms with Crippen LogP contribution >= 0.6 is 0 Å². The predicted octanol–water partition coefficient (Wildman–Crippen LogP) is 14.8. The van der Waals surface area contributed by atoms with Crippen LogP contribution in [0.5, 0.6) is 5.75 Å². The fraction of sp³-hybridized carbons (Fsp3) is 0.105. The van der Waals surface area contributed by atoms with Crippen molar-refractivity contribution in [2.45, 2.75) is 26.2 Å². The van der Waals surface area contributed by atoms with Crippen molar-refractivity contribution in [2.75, 3.05) is 14.2 Å². The van der Waals surface area contributed by atoms with E-state index in [1.54, 1.807) is 7.11 Å². The highest BCUT2D eigenvalue weighted by Gasteiger charge is 2.37. The molecule has 0 saturated carbocycles. The first-order chi connectivity index (χ1) is 28.9. The molecule has 1 aliphatic rings. The van der Waals surface area contributed by atoms with Crippen LogP contribution in [0.3, 0.4) is 0 Å². The largest absolute Gasteiger partial charge is 0.496 e. The number of hydrogen-bond donors (Lipinski definition) is 0. The van der Waals surface area contributed by atoms with Gasteiger partial charge in [0.05, 0.1) is 12.8 Å². The molecule has 0 N–H and O–H groups in total. The van der Waals surface area contributed by atoms with Gasteiger partial charge in [-0.15, -0.1) is 0 Å². The van der Waals surface area contributed by atoms with Gasteiger partial charge < -0.3 is 4.74 Å². The highest BCUT2D eigenvalue weighted by atomic mass is 16.5. The second-order valence-electron chi connectivity index (χ2n) is 15.9. The lowest BCUT2D eigenvalue weighted by Crippen LogP contribution is -2.15. The molecule has 10 rings (SSSR count). The van der Waals surface area contributed by atoms with E-state index in [1.807, 2.05) is 13.1 Å². The number of methoxy groups -OCH3 is 1. The molecule has 1 aliphatic carbocycles. The third kappa shape index (κ3) is 6.91. The van der Waals surface area contributed by atoms with Crippen molar-refractivity contribution in [1.29, 1.82) is 0 Å². The molecule has 0 heterocycles. The number of rotatable bonds is 6. The van der Waals surface area contributed by atoms with Crippen LogP contribution in [0.4, 0.5) is 0 Å². The predicted molar refractivity (Wildman–Crippen MR) is 251 cm³/mol. The lowest BCUT2D eigenvalue weighted by molar-refractivity contribution is 0.416. The highest BCUT2D eigenvalue weighted by molar-refractivity contribution is 6.17. The molecule has 0 saturated heterocycles. The summed E-state index contributed by atoms with van der Waals surface area (Å²) in [6.45, 7) is 6.76. The summed E-state index contributed by atoms with van der Waals surface area (Å²) in [7, 11) is 3.63. The van der Waals surface area contributed by atoms with Crippen LogP contribution in [0.2, 0.25) is 0 Å². The van der Waals surface area contributed by atoms with Gasteiger partial charge >= 0.3 is 0 Å². The van der Waals surface area contributed by atoms with E-state index in [0.717, 1.165) is 22.6 Å². The van der Waals surface area contributed by atoms with E-state index in [2.05, 4.69) is 214 Å². The molecule has 0 atom stereocenters. The standard InChI is InChI=1S/C34H26O.C23H21N/c1-23-8-7-10-27(20-23)30-12-5-6-13-32(30)33-22-26(17-19-34(33)35-2)25-16-18-31-28(21-25)15-14-24-9-3-4-11-29(24)31;1-23(2)19-14-8-7-12-17(19)21-18(13-9-15-20(21)23)22(24-3)16-10-5-4-6-11-16/h3-22H,1-2H3;4-15H,1-3H3. The molecule has 2 heteroatoms. The van der Waals surface area contributed by atoms with E-state index in [0.29, 0.717) is 0 Å². The SMILES string of the molecule is CN=C(c1ccccc1)c1cccc2c1-c1ccccc1C2(C)C.COc1ccc(-c2ccc3c(ccc4ccccc43)c2)cc1-c1ccccc1-c1cccc(C)c1. The first kappa shape index (κ1) is 37.5. The maximum Gasteiger partial charge on any atom is 0.126 e. The Kier molecular flexibility index (Phi) is 10.0. The van der Waals surface area contributed by atoms with E-state index >= 15 is 0 Å². The van der Waals surface area contributed by atoms with Gasteiger partial charge in [-0.25, -0.2) is 0 Å². The zero-order valence-corrected chi connectivity index (χ0v) is 34.3. The average Bonchev–Trinajstić information content (AvgIpc) is 3.53. The van der Waals surface area contributed by atoms with Gasteiger partial charge in [0.15, 0.2) is 0 Å². The van der Waals surface area contributed by atoms with Crippen LogP contribution < -0.4 is 4.74 Å². The minimum Gasteiger partial charge on any atom is -0.496 e. The Morgan fingerprint density at radius 2 is 1.12 bits per heavy atom. The monoisotopic (exact) mass is 761 g/mol. The van der Waals surface area contributed by atoms with E-state index < -0.39 is 0 Å². The van der Waals surface area contributed by atoms with Crippen molar-refractivity contribution < 1.29 is 4.74 Å². The van der Waals surface area contributed by atoms with Crippen molar-refractivity contribution in [1.82, 2.24) is 0 Å². The lowest BCUT2D eigenvalue weighted by Gasteiger charge is -2.21. The van der Waals surface area contributed by atoms with Crippen molar-refractivity contribution >= 4 is 27.3 Å². The topological polar surface area (TPSA) is 21.6 Å². The molecule has 0 aromatic heterocycles. The van der Waals surface area contributed by atoms with Crippen molar-refractivity contribution in [3.63, 3.8) is 0 Å². The van der Waals surface area contributed by atoms with Gasteiger partial charge in [0.2, 0.25) is 0 Å². The number of aryl methyl sites for hydroxylation is 1. The summed E-state index contributed by atoms with van der Waals surface area (Å²) in [6.07, 6.45) is 0. The smallest absolute Gasteiger partial charge is 0.126 e. The maximum absolute atomic E-state index is 5.82. The molecule has 0 amide bonds. The van der Waals surface area contributed by atoms with Gasteiger partial charge in [0, 0.05) is 29.2 Å². The van der Waals surface area contributed by atoms with E-state index in [1.165, 1.54) is 82.7 Å². The normalized spacial score (nSPS) is 12.7. The molecule has 9 aromatic carbocycles. The van der Waals surface area contributed by atoms with Crippen LogP contribution in [0.15, 0.2) is 199 Å². The number of benzene rings is 9. The summed E-state index contributed by atoms with van der Waals surface area (Å²) in [4.78, 5) is 4.64. The van der Waals surface area contributed by atoms with E-state index in [-0.39, 0.29) is 5.41 Å². The third-order valence-corrected chi connectivity index (χ3v) is 12.0. The van der Waals surface area contributed by atoms with Crippen LogP contribution in [0.1, 0.15) is 41.7 Å². The van der Waals surface area contributed by atoms with Crippen molar-refractivity contribution in [3.05, 3.63) is 222 Å². The fourth-order valence-corrected chi connectivity index (χ4v) is 9.03. The van der Waals surface area contributed by atoms with E-state index in [4.69, 9.17) is 4.74 Å². The minimum atomic E-state index is 0.0253. The minimum absolute atomic E-state index is 0.0253. The zero-order chi connectivity index (χ0) is 40.5. The van der Waals surface area contributed by atoms with Crippen molar-refractivity contribution in [3.8, 4) is 50.3 Å². The quantitative estimate of drug-likeness (QED) is 0.122. The number of fused-ring (bicyclic) bond motifs is 6. The van der Waals surface area contributed by atoms with Crippen LogP contribution in [0.25, 0.3) is 66.1 Å². The Hall–Kier alpha value is -7.03. The van der Waals surface area contributed by atoms with Gasteiger partial charge in [-0.2, -0.15) is 0 Å². The summed E-state index contributed by atoms with van der Waals surface area (Å²) >= 11 is 0. The second kappa shape index (κ2) is 15.7. The van der Waals surface area contributed by atoms with E-state index in [9.17, 15) is 0 Å². The summed E-state index contributed by atoms with van der Waals surface area (Å²) in [5.74, 6) is 0.876. The van der Waals surface area contributed by atoms with Gasteiger partial charge in [-0.1, -0.05) is 195 Å².